The summed E-state index contributed by atoms with van der Waals surface area (Å²) < 4.78 is 11.0. The highest BCUT2D eigenvalue weighted by Gasteiger charge is 2.13. The number of aliphatic hydroxyl groups excluding tert-OH is 1. The van der Waals surface area contributed by atoms with Gasteiger partial charge >= 0.3 is 0 Å². The van der Waals surface area contributed by atoms with Crippen molar-refractivity contribution < 1.29 is 14.6 Å². The summed E-state index contributed by atoms with van der Waals surface area (Å²) in [5.41, 5.74) is 2.29. The van der Waals surface area contributed by atoms with E-state index in [0.29, 0.717) is 13.2 Å². The summed E-state index contributed by atoms with van der Waals surface area (Å²) in [6, 6.07) is 15.9. The highest BCUT2D eigenvalue weighted by Crippen LogP contribution is 2.17. The monoisotopic (exact) mass is 343 g/mol. The van der Waals surface area contributed by atoms with E-state index in [-0.39, 0.29) is 0 Å². The predicted octanol–water partition coefficient (Wildman–Crippen LogP) is 3.66. The molecule has 0 radical (unpaired) electrons. The third-order valence-corrected chi connectivity index (χ3v) is 4.10. The normalized spacial score (nSPS) is 12.2. The topological polar surface area (TPSA) is 41.9 Å². The molecule has 0 heterocycles. The lowest BCUT2D eigenvalue weighted by molar-refractivity contribution is 0.0653. The molecule has 2 aromatic carbocycles. The van der Waals surface area contributed by atoms with Crippen LogP contribution in [-0.4, -0.2) is 42.9 Å². The van der Waals surface area contributed by atoms with Crippen LogP contribution in [0.2, 0.25) is 0 Å². The number of hydrogen-bond donors (Lipinski definition) is 1. The Bertz CT molecular complexity index is 627. The Labute approximate surface area is 151 Å². The van der Waals surface area contributed by atoms with E-state index in [0.717, 1.165) is 36.6 Å². The SMILES string of the molecule is CCCN(Cc1ccc(OC)cc1)C[C@H](O)COc1ccccc1C. The minimum Gasteiger partial charge on any atom is -0.497 e. The van der Waals surface area contributed by atoms with Gasteiger partial charge in [0.15, 0.2) is 0 Å². The Balaban J connectivity index is 1.87. The minimum absolute atomic E-state index is 0.299. The first-order valence-corrected chi connectivity index (χ1v) is 8.84. The van der Waals surface area contributed by atoms with Gasteiger partial charge in [0, 0.05) is 13.1 Å². The molecule has 0 fully saturated rings. The molecule has 0 saturated heterocycles. The van der Waals surface area contributed by atoms with Crippen LogP contribution in [0.3, 0.4) is 0 Å². The molecule has 0 aliphatic heterocycles. The van der Waals surface area contributed by atoms with Crippen molar-refractivity contribution in [1.29, 1.82) is 0 Å². The molecule has 0 bridgehead atoms. The first kappa shape index (κ1) is 19.3. The number of aryl methyl sites for hydroxylation is 1. The minimum atomic E-state index is -0.524. The third kappa shape index (κ3) is 6.40. The largest absolute Gasteiger partial charge is 0.497 e. The molecule has 1 N–H and O–H groups in total. The van der Waals surface area contributed by atoms with Crippen LogP contribution in [0, 0.1) is 6.92 Å². The molecule has 1 atom stereocenters. The van der Waals surface area contributed by atoms with E-state index in [1.807, 2.05) is 43.3 Å². The summed E-state index contributed by atoms with van der Waals surface area (Å²) in [5, 5.41) is 10.4. The van der Waals surface area contributed by atoms with Crippen LogP contribution >= 0.6 is 0 Å². The van der Waals surface area contributed by atoms with Crippen LogP contribution in [0.5, 0.6) is 11.5 Å². The maximum absolute atomic E-state index is 10.4. The maximum atomic E-state index is 10.4. The van der Waals surface area contributed by atoms with Gasteiger partial charge in [-0.2, -0.15) is 0 Å². The van der Waals surface area contributed by atoms with E-state index in [9.17, 15) is 5.11 Å². The molecule has 0 spiro atoms. The summed E-state index contributed by atoms with van der Waals surface area (Å²) in [6.45, 7) is 6.79. The highest BCUT2D eigenvalue weighted by molar-refractivity contribution is 5.31. The second-order valence-corrected chi connectivity index (χ2v) is 6.31. The molecule has 0 amide bonds. The maximum Gasteiger partial charge on any atom is 0.122 e. The summed E-state index contributed by atoms with van der Waals surface area (Å²) in [6.07, 6.45) is 0.519. The van der Waals surface area contributed by atoms with E-state index >= 15 is 0 Å². The fraction of sp³-hybridized carbons (Fsp3) is 0.429. The number of ether oxygens (including phenoxy) is 2. The summed E-state index contributed by atoms with van der Waals surface area (Å²) >= 11 is 0. The van der Waals surface area contributed by atoms with Crippen molar-refractivity contribution in [3.8, 4) is 11.5 Å². The number of para-hydroxylation sites is 1. The summed E-state index contributed by atoms with van der Waals surface area (Å²) in [7, 11) is 1.67. The van der Waals surface area contributed by atoms with Crippen molar-refractivity contribution in [3.05, 3.63) is 59.7 Å². The second-order valence-electron chi connectivity index (χ2n) is 6.31. The van der Waals surface area contributed by atoms with Crippen molar-refractivity contribution in [2.45, 2.75) is 32.9 Å². The van der Waals surface area contributed by atoms with Crippen LogP contribution in [0.1, 0.15) is 24.5 Å². The van der Waals surface area contributed by atoms with E-state index in [1.165, 1.54) is 5.56 Å². The summed E-state index contributed by atoms with van der Waals surface area (Å²) in [5.74, 6) is 1.69. The molecule has 0 aliphatic carbocycles. The molecule has 4 nitrogen and oxygen atoms in total. The Morgan fingerprint density at radius 3 is 2.44 bits per heavy atom. The van der Waals surface area contributed by atoms with Gasteiger partial charge in [-0.25, -0.2) is 0 Å². The zero-order valence-corrected chi connectivity index (χ0v) is 15.4. The van der Waals surface area contributed by atoms with Crippen molar-refractivity contribution in [1.82, 2.24) is 4.90 Å². The average Bonchev–Trinajstić information content (AvgIpc) is 2.62. The Hall–Kier alpha value is -2.04. The second kappa shape index (κ2) is 10.1. The number of aliphatic hydroxyl groups is 1. The van der Waals surface area contributed by atoms with Crippen LogP contribution in [0.25, 0.3) is 0 Å². The van der Waals surface area contributed by atoms with Gasteiger partial charge in [-0.15, -0.1) is 0 Å². The zero-order chi connectivity index (χ0) is 18.1. The fourth-order valence-electron chi connectivity index (χ4n) is 2.80. The molecule has 0 aliphatic rings. The van der Waals surface area contributed by atoms with Gasteiger partial charge < -0.3 is 14.6 Å². The standard InChI is InChI=1S/C21H29NO3/c1-4-13-22(14-18-9-11-20(24-3)12-10-18)15-19(23)16-25-21-8-6-5-7-17(21)2/h5-12,19,23H,4,13-16H2,1-3H3/t19-/m0/s1. The molecule has 0 unspecified atom stereocenters. The first-order chi connectivity index (χ1) is 12.1. The Morgan fingerprint density at radius 2 is 1.80 bits per heavy atom. The van der Waals surface area contributed by atoms with E-state index in [2.05, 4.69) is 24.0 Å². The lowest BCUT2D eigenvalue weighted by atomic mass is 10.2. The van der Waals surface area contributed by atoms with Crippen LogP contribution in [-0.2, 0) is 6.54 Å². The van der Waals surface area contributed by atoms with E-state index < -0.39 is 6.10 Å². The van der Waals surface area contributed by atoms with Gasteiger partial charge in [0.1, 0.15) is 24.2 Å². The highest BCUT2D eigenvalue weighted by atomic mass is 16.5. The van der Waals surface area contributed by atoms with Crippen molar-refractivity contribution >= 4 is 0 Å². The number of benzene rings is 2. The zero-order valence-electron chi connectivity index (χ0n) is 15.4. The Morgan fingerprint density at radius 1 is 1.08 bits per heavy atom. The van der Waals surface area contributed by atoms with Crippen molar-refractivity contribution in [2.75, 3.05) is 26.8 Å². The molecule has 2 rings (SSSR count). The van der Waals surface area contributed by atoms with Gasteiger partial charge in [0.25, 0.3) is 0 Å². The van der Waals surface area contributed by atoms with E-state index in [1.54, 1.807) is 7.11 Å². The summed E-state index contributed by atoms with van der Waals surface area (Å²) in [4.78, 5) is 2.26. The quantitative estimate of drug-likeness (QED) is 0.715. The molecule has 4 heteroatoms. The number of nitrogens with zero attached hydrogens (tertiary/aromatic N) is 1. The van der Waals surface area contributed by atoms with Crippen LogP contribution in [0.15, 0.2) is 48.5 Å². The lowest BCUT2D eigenvalue weighted by Crippen LogP contribution is -2.35. The number of hydrogen-bond acceptors (Lipinski definition) is 4. The van der Waals surface area contributed by atoms with Gasteiger partial charge in [0.2, 0.25) is 0 Å². The van der Waals surface area contributed by atoms with Gasteiger partial charge in [-0.1, -0.05) is 37.3 Å². The van der Waals surface area contributed by atoms with Gasteiger partial charge in [-0.3, -0.25) is 4.90 Å². The number of rotatable bonds is 10. The van der Waals surface area contributed by atoms with Crippen LogP contribution < -0.4 is 9.47 Å². The Kier molecular flexibility index (Phi) is 7.76. The van der Waals surface area contributed by atoms with Crippen molar-refractivity contribution in [3.63, 3.8) is 0 Å². The smallest absolute Gasteiger partial charge is 0.122 e. The third-order valence-electron chi connectivity index (χ3n) is 4.10. The lowest BCUT2D eigenvalue weighted by Gasteiger charge is -2.25. The fourth-order valence-corrected chi connectivity index (χ4v) is 2.80. The molecule has 136 valence electrons. The molecular formula is C21H29NO3. The van der Waals surface area contributed by atoms with Gasteiger partial charge in [0.05, 0.1) is 7.11 Å². The molecule has 25 heavy (non-hydrogen) atoms. The van der Waals surface area contributed by atoms with Crippen molar-refractivity contribution in [2.24, 2.45) is 0 Å². The number of methoxy groups -OCH3 is 1. The van der Waals surface area contributed by atoms with E-state index in [4.69, 9.17) is 9.47 Å². The van der Waals surface area contributed by atoms with Crippen LogP contribution in [0.4, 0.5) is 0 Å². The molecular weight excluding hydrogens is 314 g/mol. The molecule has 0 saturated carbocycles. The average molecular weight is 343 g/mol. The predicted molar refractivity (Wildman–Crippen MR) is 101 cm³/mol. The van der Waals surface area contributed by atoms with Gasteiger partial charge in [-0.05, 0) is 49.2 Å². The molecule has 2 aromatic rings. The molecule has 0 aromatic heterocycles. The first-order valence-electron chi connectivity index (χ1n) is 8.84.